The number of rotatable bonds is 4. The Kier molecular flexibility index (Phi) is 6.30. The molecule has 0 radical (unpaired) electrons. The summed E-state index contributed by atoms with van der Waals surface area (Å²) in [5.74, 6) is -0.678. The summed E-state index contributed by atoms with van der Waals surface area (Å²) in [6, 6.07) is 0.247. The minimum absolute atomic E-state index is 0.161. The molecule has 1 heterocycles. The van der Waals surface area contributed by atoms with Gasteiger partial charge in [-0.3, -0.25) is 9.59 Å². The summed E-state index contributed by atoms with van der Waals surface area (Å²) in [6.07, 6.45) is 8.93. The number of esters is 1. The number of amides is 1. The zero-order valence-electron chi connectivity index (χ0n) is 12.1. The van der Waals surface area contributed by atoms with E-state index in [0.717, 1.165) is 12.8 Å². The van der Waals surface area contributed by atoms with E-state index in [4.69, 9.17) is 9.47 Å². The molecule has 1 atom stereocenters. The van der Waals surface area contributed by atoms with Crippen LogP contribution in [0.25, 0.3) is 0 Å². The number of carbonyl (C=O) groups is 2. The second kappa shape index (κ2) is 8.25. The van der Waals surface area contributed by atoms with E-state index in [9.17, 15) is 9.59 Å². The van der Waals surface area contributed by atoms with Crippen LogP contribution in [0.2, 0.25) is 0 Å². The largest absolute Gasteiger partial charge is 0.455 e. The van der Waals surface area contributed by atoms with E-state index in [1.807, 2.05) is 0 Å². The van der Waals surface area contributed by atoms with Crippen molar-refractivity contribution in [2.75, 3.05) is 19.8 Å². The quantitative estimate of drug-likeness (QED) is 0.799. The van der Waals surface area contributed by atoms with Gasteiger partial charge in [0.05, 0.1) is 12.5 Å². The van der Waals surface area contributed by atoms with Crippen molar-refractivity contribution < 1.29 is 19.1 Å². The number of carbonyl (C=O) groups excluding carboxylic acids is 2. The third kappa shape index (κ3) is 5.12. The predicted octanol–water partition coefficient (Wildman–Crippen LogP) is 1.80. The van der Waals surface area contributed by atoms with Crippen LogP contribution in [0.3, 0.4) is 0 Å². The Labute approximate surface area is 120 Å². The molecule has 1 aliphatic heterocycles. The van der Waals surface area contributed by atoms with Gasteiger partial charge in [0.2, 0.25) is 0 Å². The molecule has 1 saturated heterocycles. The Bertz CT molecular complexity index is 318. The summed E-state index contributed by atoms with van der Waals surface area (Å²) in [7, 11) is 0. The van der Waals surface area contributed by atoms with E-state index in [2.05, 4.69) is 5.32 Å². The fraction of sp³-hybridized carbons (Fsp3) is 0.867. The second-order valence-electron chi connectivity index (χ2n) is 5.78. The molecule has 5 heteroatoms. The van der Waals surface area contributed by atoms with Crippen molar-refractivity contribution in [2.24, 2.45) is 5.92 Å². The third-order valence-electron chi connectivity index (χ3n) is 4.08. The lowest BCUT2D eigenvalue weighted by Crippen LogP contribution is -2.38. The first-order valence-electron chi connectivity index (χ1n) is 7.79. The molecule has 0 bridgehead atoms. The maximum absolute atomic E-state index is 11.8. The molecular weight excluding hydrogens is 258 g/mol. The molecule has 0 aromatic rings. The van der Waals surface area contributed by atoms with Crippen LogP contribution in [0.15, 0.2) is 0 Å². The van der Waals surface area contributed by atoms with Crippen LogP contribution in [-0.2, 0) is 19.1 Å². The number of ether oxygens (including phenoxy) is 2. The Morgan fingerprint density at radius 1 is 1.05 bits per heavy atom. The van der Waals surface area contributed by atoms with Crippen LogP contribution >= 0.6 is 0 Å². The minimum atomic E-state index is -0.310. The minimum Gasteiger partial charge on any atom is -0.455 e. The first-order chi connectivity index (χ1) is 9.75. The first-order valence-corrected chi connectivity index (χ1v) is 7.79. The fourth-order valence-electron chi connectivity index (χ4n) is 2.84. The van der Waals surface area contributed by atoms with Crippen LogP contribution in [-0.4, -0.2) is 37.7 Å². The van der Waals surface area contributed by atoms with E-state index < -0.39 is 0 Å². The molecule has 0 aromatic heterocycles. The smallest absolute Gasteiger partial charge is 0.311 e. The van der Waals surface area contributed by atoms with Crippen molar-refractivity contribution >= 4 is 11.9 Å². The van der Waals surface area contributed by atoms with Gasteiger partial charge < -0.3 is 14.8 Å². The molecule has 0 unspecified atom stereocenters. The zero-order chi connectivity index (χ0) is 14.2. The first kappa shape index (κ1) is 15.3. The van der Waals surface area contributed by atoms with Crippen LogP contribution in [0.4, 0.5) is 0 Å². The predicted molar refractivity (Wildman–Crippen MR) is 74.1 cm³/mol. The van der Waals surface area contributed by atoms with Gasteiger partial charge in [0.1, 0.15) is 0 Å². The summed E-state index contributed by atoms with van der Waals surface area (Å²) in [6.45, 7) is 0.864. The standard InChI is InChI=1S/C15H25NO4/c17-14(11-20-15(18)12-8-9-19-10-12)16-13-6-4-2-1-3-5-7-13/h12-13H,1-11H2,(H,16,17)/t12-/m0/s1. The highest BCUT2D eigenvalue weighted by Gasteiger charge is 2.25. The number of hydrogen-bond donors (Lipinski definition) is 1. The molecule has 0 aromatic carbocycles. The molecule has 2 aliphatic rings. The maximum Gasteiger partial charge on any atom is 0.311 e. The molecular formula is C15H25NO4. The van der Waals surface area contributed by atoms with Crippen molar-refractivity contribution in [3.05, 3.63) is 0 Å². The van der Waals surface area contributed by atoms with E-state index in [1.54, 1.807) is 0 Å². The van der Waals surface area contributed by atoms with Gasteiger partial charge in [0, 0.05) is 12.6 Å². The van der Waals surface area contributed by atoms with Gasteiger partial charge >= 0.3 is 5.97 Å². The monoisotopic (exact) mass is 283 g/mol. The number of hydrogen-bond acceptors (Lipinski definition) is 4. The SMILES string of the molecule is O=C(COC(=O)[C@H]1CCOC1)NC1CCCCCCC1. The Morgan fingerprint density at radius 2 is 1.75 bits per heavy atom. The third-order valence-corrected chi connectivity index (χ3v) is 4.08. The lowest BCUT2D eigenvalue weighted by molar-refractivity contribution is -0.152. The zero-order valence-corrected chi connectivity index (χ0v) is 12.1. The van der Waals surface area contributed by atoms with Gasteiger partial charge in [-0.15, -0.1) is 0 Å². The van der Waals surface area contributed by atoms with Crippen LogP contribution in [0.5, 0.6) is 0 Å². The molecule has 20 heavy (non-hydrogen) atoms. The molecule has 1 amide bonds. The maximum atomic E-state index is 11.8. The summed E-state index contributed by atoms with van der Waals surface area (Å²) >= 11 is 0. The van der Waals surface area contributed by atoms with Crippen molar-refractivity contribution in [3.8, 4) is 0 Å². The van der Waals surface area contributed by atoms with Crippen molar-refractivity contribution in [1.82, 2.24) is 5.32 Å². The van der Waals surface area contributed by atoms with Gasteiger partial charge in [-0.1, -0.05) is 32.1 Å². The highest BCUT2D eigenvalue weighted by Crippen LogP contribution is 2.17. The second-order valence-corrected chi connectivity index (χ2v) is 5.78. The molecule has 1 N–H and O–H groups in total. The molecule has 2 fully saturated rings. The molecule has 1 aliphatic carbocycles. The van der Waals surface area contributed by atoms with E-state index >= 15 is 0 Å². The summed E-state index contributed by atoms with van der Waals surface area (Å²) in [5.41, 5.74) is 0. The van der Waals surface area contributed by atoms with Crippen LogP contribution in [0, 0.1) is 5.92 Å². The summed E-state index contributed by atoms with van der Waals surface area (Å²) < 4.78 is 10.2. The fourth-order valence-corrected chi connectivity index (χ4v) is 2.84. The van der Waals surface area contributed by atoms with Gasteiger partial charge in [-0.25, -0.2) is 0 Å². The Morgan fingerprint density at radius 3 is 2.40 bits per heavy atom. The van der Waals surface area contributed by atoms with E-state index in [1.165, 1.54) is 32.1 Å². The average molecular weight is 283 g/mol. The van der Waals surface area contributed by atoms with Gasteiger partial charge in [0.25, 0.3) is 5.91 Å². The lowest BCUT2D eigenvalue weighted by atomic mass is 9.97. The van der Waals surface area contributed by atoms with Crippen molar-refractivity contribution in [3.63, 3.8) is 0 Å². The lowest BCUT2D eigenvalue weighted by Gasteiger charge is -2.21. The molecule has 114 valence electrons. The summed E-state index contributed by atoms with van der Waals surface area (Å²) in [5, 5.41) is 2.99. The highest BCUT2D eigenvalue weighted by molar-refractivity contribution is 5.81. The molecule has 5 nitrogen and oxygen atoms in total. The van der Waals surface area contributed by atoms with Gasteiger partial charge in [-0.2, -0.15) is 0 Å². The average Bonchev–Trinajstić information content (AvgIpc) is 2.93. The Balaban J connectivity index is 1.64. The Hall–Kier alpha value is -1.10. The summed E-state index contributed by atoms with van der Waals surface area (Å²) in [4.78, 5) is 23.5. The van der Waals surface area contributed by atoms with Gasteiger partial charge in [-0.05, 0) is 19.3 Å². The number of nitrogens with one attached hydrogen (secondary N) is 1. The van der Waals surface area contributed by atoms with Crippen LogP contribution < -0.4 is 5.32 Å². The molecule has 0 spiro atoms. The van der Waals surface area contributed by atoms with E-state index in [0.29, 0.717) is 19.6 Å². The highest BCUT2D eigenvalue weighted by atomic mass is 16.5. The van der Waals surface area contributed by atoms with E-state index in [-0.39, 0.29) is 30.4 Å². The normalized spacial score (nSPS) is 24.7. The molecule has 1 saturated carbocycles. The topological polar surface area (TPSA) is 64.6 Å². The molecule has 2 rings (SSSR count). The van der Waals surface area contributed by atoms with Crippen molar-refractivity contribution in [1.29, 1.82) is 0 Å². The van der Waals surface area contributed by atoms with Gasteiger partial charge in [0.15, 0.2) is 6.61 Å². The van der Waals surface area contributed by atoms with Crippen LogP contribution in [0.1, 0.15) is 51.4 Å². The van der Waals surface area contributed by atoms with Crippen molar-refractivity contribution in [2.45, 2.75) is 57.4 Å².